The quantitative estimate of drug-likeness (QED) is 0.683. The van der Waals surface area contributed by atoms with Gasteiger partial charge in [0.25, 0.3) is 0 Å². The summed E-state index contributed by atoms with van der Waals surface area (Å²) < 4.78 is 18.7. The number of halogens is 2. The average Bonchev–Trinajstić information content (AvgIpc) is 2.24. The van der Waals surface area contributed by atoms with E-state index < -0.39 is 0 Å². The van der Waals surface area contributed by atoms with Crippen molar-refractivity contribution in [1.82, 2.24) is 0 Å². The van der Waals surface area contributed by atoms with Crippen LogP contribution in [-0.2, 0) is 0 Å². The fourth-order valence-electron chi connectivity index (χ4n) is 1.37. The van der Waals surface area contributed by atoms with Crippen molar-refractivity contribution in [2.45, 2.75) is 26.7 Å². The van der Waals surface area contributed by atoms with E-state index in [9.17, 15) is 4.39 Å². The summed E-state index contributed by atoms with van der Waals surface area (Å²) in [6, 6.07) is 4.96. The van der Waals surface area contributed by atoms with Crippen molar-refractivity contribution in [3.63, 3.8) is 0 Å². The Balaban J connectivity index is 2.34. The van der Waals surface area contributed by atoms with Crippen LogP contribution in [0.2, 0.25) is 0 Å². The highest BCUT2D eigenvalue weighted by atomic mass is 35.5. The van der Waals surface area contributed by atoms with Gasteiger partial charge in [0.1, 0.15) is 11.6 Å². The highest BCUT2D eigenvalue weighted by molar-refractivity contribution is 6.17. The summed E-state index contributed by atoms with van der Waals surface area (Å²) >= 11 is 5.64. The monoisotopic (exact) mass is 244 g/mol. The van der Waals surface area contributed by atoms with E-state index in [-0.39, 0.29) is 5.82 Å². The number of benzene rings is 1. The molecule has 0 aliphatic rings. The van der Waals surface area contributed by atoms with Gasteiger partial charge in [0.05, 0.1) is 6.61 Å². The Morgan fingerprint density at radius 3 is 2.75 bits per heavy atom. The Morgan fingerprint density at radius 1 is 1.38 bits per heavy atom. The summed E-state index contributed by atoms with van der Waals surface area (Å²) in [6.45, 7) is 4.49. The number of ether oxygens (including phenoxy) is 1. The van der Waals surface area contributed by atoms with Crippen LogP contribution < -0.4 is 4.74 Å². The summed E-state index contributed by atoms with van der Waals surface area (Å²) in [6.07, 6.45) is 1.94. The van der Waals surface area contributed by atoms with Gasteiger partial charge < -0.3 is 4.74 Å². The van der Waals surface area contributed by atoms with Gasteiger partial charge >= 0.3 is 0 Å². The van der Waals surface area contributed by atoms with Crippen LogP contribution in [0.3, 0.4) is 0 Å². The molecule has 0 saturated heterocycles. The topological polar surface area (TPSA) is 9.23 Å². The Labute approximate surface area is 102 Å². The van der Waals surface area contributed by atoms with Crippen LogP contribution in [0.5, 0.6) is 5.75 Å². The summed E-state index contributed by atoms with van der Waals surface area (Å²) in [7, 11) is 0. The standard InChI is InChI=1S/C13H18ClFO/c1-10(5-7-14)6-8-16-12-4-3-11(2)13(15)9-12/h3-4,9-10H,5-8H2,1-2H3. The minimum atomic E-state index is -0.216. The first-order valence-corrected chi connectivity index (χ1v) is 6.12. The summed E-state index contributed by atoms with van der Waals surface area (Å²) in [4.78, 5) is 0. The maximum atomic E-state index is 13.2. The zero-order valence-corrected chi connectivity index (χ0v) is 10.6. The zero-order chi connectivity index (χ0) is 12.0. The second kappa shape index (κ2) is 6.74. The molecule has 0 heterocycles. The lowest BCUT2D eigenvalue weighted by Crippen LogP contribution is -2.05. The number of hydrogen-bond acceptors (Lipinski definition) is 1. The first-order chi connectivity index (χ1) is 7.63. The Bertz CT molecular complexity index is 328. The minimum absolute atomic E-state index is 0.216. The molecule has 0 fully saturated rings. The second-order valence-electron chi connectivity index (χ2n) is 4.13. The average molecular weight is 245 g/mol. The van der Waals surface area contributed by atoms with Gasteiger partial charge in [-0.3, -0.25) is 0 Å². The van der Waals surface area contributed by atoms with Gasteiger partial charge in [-0.25, -0.2) is 4.39 Å². The third-order valence-corrected chi connectivity index (χ3v) is 2.84. The third kappa shape index (κ3) is 4.40. The maximum Gasteiger partial charge on any atom is 0.129 e. The molecular formula is C13H18ClFO. The molecule has 90 valence electrons. The molecule has 0 N–H and O–H groups in total. The third-order valence-electron chi connectivity index (χ3n) is 2.62. The van der Waals surface area contributed by atoms with E-state index in [1.165, 1.54) is 6.07 Å². The molecule has 1 aromatic carbocycles. The van der Waals surface area contributed by atoms with Gasteiger partial charge in [-0.05, 0) is 37.3 Å². The van der Waals surface area contributed by atoms with Gasteiger partial charge in [0.15, 0.2) is 0 Å². The predicted octanol–water partition coefficient (Wildman–Crippen LogP) is 4.17. The molecule has 1 nitrogen and oxygen atoms in total. The van der Waals surface area contributed by atoms with E-state index in [2.05, 4.69) is 6.92 Å². The molecule has 0 aliphatic heterocycles. The lowest BCUT2D eigenvalue weighted by molar-refractivity contribution is 0.281. The largest absolute Gasteiger partial charge is 0.493 e. The van der Waals surface area contributed by atoms with E-state index in [0.29, 0.717) is 29.7 Å². The van der Waals surface area contributed by atoms with Crippen molar-refractivity contribution in [3.05, 3.63) is 29.6 Å². The van der Waals surface area contributed by atoms with Crippen LogP contribution in [-0.4, -0.2) is 12.5 Å². The Morgan fingerprint density at radius 2 is 2.12 bits per heavy atom. The molecule has 1 rings (SSSR count). The molecule has 1 aromatic rings. The van der Waals surface area contributed by atoms with E-state index in [1.807, 2.05) is 0 Å². The van der Waals surface area contributed by atoms with Crippen molar-refractivity contribution >= 4 is 11.6 Å². The molecule has 0 amide bonds. The number of alkyl halides is 1. The van der Waals surface area contributed by atoms with E-state index in [4.69, 9.17) is 16.3 Å². The van der Waals surface area contributed by atoms with Crippen LogP contribution in [0.25, 0.3) is 0 Å². The second-order valence-corrected chi connectivity index (χ2v) is 4.51. The first-order valence-electron chi connectivity index (χ1n) is 5.58. The molecule has 0 aromatic heterocycles. The van der Waals surface area contributed by atoms with Gasteiger partial charge in [-0.1, -0.05) is 13.0 Å². The zero-order valence-electron chi connectivity index (χ0n) is 9.80. The number of hydrogen-bond donors (Lipinski definition) is 0. The number of aryl methyl sites for hydroxylation is 1. The summed E-state index contributed by atoms with van der Waals surface area (Å²) in [5, 5.41) is 0. The van der Waals surface area contributed by atoms with Gasteiger partial charge in [0.2, 0.25) is 0 Å². The molecule has 3 heteroatoms. The predicted molar refractivity (Wildman–Crippen MR) is 65.8 cm³/mol. The van der Waals surface area contributed by atoms with Crippen molar-refractivity contribution in [1.29, 1.82) is 0 Å². The first kappa shape index (κ1) is 13.3. The normalized spacial score (nSPS) is 12.5. The molecule has 0 saturated carbocycles. The van der Waals surface area contributed by atoms with Gasteiger partial charge in [-0.2, -0.15) is 0 Å². The smallest absolute Gasteiger partial charge is 0.129 e. The highest BCUT2D eigenvalue weighted by Crippen LogP contribution is 2.17. The Kier molecular flexibility index (Phi) is 5.61. The molecule has 1 atom stereocenters. The van der Waals surface area contributed by atoms with Gasteiger partial charge in [0, 0.05) is 11.9 Å². The van der Waals surface area contributed by atoms with Crippen molar-refractivity contribution in [2.75, 3.05) is 12.5 Å². The lowest BCUT2D eigenvalue weighted by atomic mass is 10.1. The van der Waals surface area contributed by atoms with E-state index in [1.54, 1.807) is 19.1 Å². The molecule has 0 radical (unpaired) electrons. The molecule has 1 unspecified atom stereocenters. The fraction of sp³-hybridized carbons (Fsp3) is 0.538. The van der Waals surface area contributed by atoms with Crippen LogP contribution in [0.1, 0.15) is 25.3 Å². The Hall–Kier alpha value is -0.760. The van der Waals surface area contributed by atoms with Crippen molar-refractivity contribution < 1.29 is 9.13 Å². The summed E-state index contributed by atoms with van der Waals surface area (Å²) in [5.41, 5.74) is 0.642. The summed E-state index contributed by atoms with van der Waals surface area (Å²) in [5.74, 6) is 1.61. The molecule has 0 bridgehead atoms. The minimum Gasteiger partial charge on any atom is -0.493 e. The van der Waals surface area contributed by atoms with Crippen LogP contribution in [0.4, 0.5) is 4.39 Å². The SMILES string of the molecule is Cc1ccc(OCCC(C)CCCl)cc1F. The van der Waals surface area contributed by atoms with Crippen LogP contribution in [0, 0.1) is 18.7 Å². The molecule has 0 spiro atoms. The molecule has 0 aliphatic carbocycles. The lowest BCUT2D eigenvalue weighted by Gasteiger charge is -2.11. The molecular weight excluding hydrogens is 227 g/mol. The van der Waals surface area contributed by atoms with E-state index in [0.717, 1.165) is 12.8 Å². The fourth-order valence-corrected chi connectivity index (χ4v) is 1.74. The number of rotatable bonds is 6. The van der Waals surface area contributed by atoms with Crippen molar-refractivity contribution in [3.8, 4) is 5.75 Å². The molecule has 16 heavy (non-hydrogen) atoms. The van der Waals surface area contributed by atoms with Crippen LogP contribution in [0.15, 0.2) is 18.2 Å². The van der Waals surface area contributed by atoms with E-state index >= 15 is 0 Å². The van der Waals surface area contributed by atoms with Crippen LogP contribution >= 0.6 is 11.6 Å². The highest BCUT2D eigenvalue weighted by Gasteiger charge is 2.03. The van der Waals surface area contributed by atoms with Crippen molar-refractivity contribution in [2.24, 2.45) is 5.92 Å². The van der Waals surface area contributed by atoms with Gasteiger partial charge in [-0.15, -0.1) is 11.6 Å². The maximum absolute atomic E-state index is 13.2.